The summed E-state index contributed by atoms with van der Waals surface area (Å²) in [7, 11) is 0. The van der Waals surface area contributed by atoms with Crippen molar-refractivity contribution in [1.29, 1.82) is 0 Å². The van der Waals surface area contributed by atoms with Gasteiger partial charge in [-0.05, 0) is 18.8 Å². The van der Waals surface area contributed by atoms with Gasteiger partial charge >= 0.3 is 5.97 Å². The van der Waals surface area contributed by atoms with Gasteiger partial charge in [-0.3, -0.25) is 4.79 Å². The lowest BCUT2D eigenvalue weighted by atomic mass is 9.93. The fraction of sp³-hybridized carbons (Fsp3) is 0.900. The molecule has 0 rings (SSSR count). The molecule has 0 aromatic carbocycles. The van der Waals surface area contributed by atoms with E-state index in [1.165, 1.54) is 0 Å². The van der Waals surface area contributed by atoms with Crippen LogP contribution in [0, 0.1) is 11.8 Å². The third-order valence-corrected chi connectivity index (χ3v) is 2.04. The van der Waals surface area contributed by atoms with Crippen molar-refractivity contribution in [2.24, 2.45) is 11.8 Å². The molecule has 0 aliphatic rings. The van der Waals surface area contributed by atoms with Gasteiger partial charge in [0.2, 0.25) is 0 Å². The van der Waals surface area contributed by atoms with E-state index < -0.39 is 5.97 Å². The first-order chi connectivity index (χ1) is 6.09. The van der Waals surface area contributed by atoms with Gasteiger partial charge in [-0.15, -0.1) is 0 Å². The number of rotatable bonds is 7. The molecule has 1 unspecified atom stereocenters. The molecular weight excluding hydrogens is 168 g/mol. The van der Waals surface area contributed by atoms with Gasteiger partial charge in [-0.25, -0.2) is 0 Å². The summed E-state index contributed by atoms with van der Waals surface area (Å²) >= 11 is 0. The second-order valence-corrected chi connectivity index (χ2v) is 3.59. The van der Waals surface area contributed by atoms with Crippen LogP contribution in [-0.4, -0.2) is 24.3 Å². The molecule has 13 heavy (non-hydrogen) atoms. The monoisotopic (exact) mass is 188 g/mol. The molecule has 0 heterocycles. The maximum Gasteiger partial charge on any atom is 0.306 e. The molecule has 0 saturated heterocycles. The zero-order valence-electron chi connectivity index (χ0n) is 8.75. The predicted octanol–water partition coefficient (Wildman–Crippen LogP) is 2.16. The van der Waals surface area contributed by atoms with E-state index >= 15 is 0 Å². The standard InChI is InChI=1S/C10H20O3/c1-4-6-13-7-5-9(8(2)3)10(11)12/h8-9H,4-7H2,1-3H3,(H,11,12). The lowest BCUT2D eigenvalue weighted by Crippen LogP contribution is -2.21. The quantitative estimate of drug-likeness (QED) is 0.623. The second-order valence-electron chi connectivity index (χ2n) is 3.59. The van der Waals surface area contributed by atoms with E-state index in [1.54, 1.807) is 0 Å². The average Bonchev–Trinajstić information content (AvgIpc) is 2.02. The van der Waals surface area contributed by atoms with Crippen molar-refractivity contribution in [1.82, 2.24) is 0 Å². The molecular formula is C10H20O3. The van der Waals surface area contributed by atoms with E-state index in [-0.39, 0.29) is 11.8 Å². The topological polar surface area (TPSA) is 46.5 Å². The molecule has 0 radical (unpaired) electrons. The summed E-state index contributed by atoms with van der Waals surface area (Å²) in [4.78, 5) is 10.7. The molecule has 3 heteroatoms. The number of hydrogen-bond donors (Lipinski definition) is 1. The first-order valence-electron chi connectivity index (χ1n) is 4.90. The van der Waals surface area contributed by atoms with E-state index in [0.29, 0.717) is 13.0 Å². The Bertz CT molecular complexity index is 143. The summed E-state index contributed by atoms with van der Waals surface area (Å²) in [5.74, 6) is -0.797. The maximum atomic E-state index is 10.7. The van der Waals surface area contributed by atoms with E-state index in [0.717, 1.165) is 13.0 Å². The fourth-order valence-electron chi connectivity index (χ4n) is 1.20. The van der Waals surface area contributed by atoms with Crippen LogP contribution < -0.4 is 0 Å². The number of aliphatic carboxylic acids is 1. The minimum atomic E-state index is -0.713. The third-order valence-electron chi connectivity index (χ3n) is 2.04. The van der Waals surface area contributed by atoms with Gasteiger partial charge in [0.25, 0.3) is 0 Å². The molecule has 1 N–H and O–H groups in total. The van der Waals surface area contributed by atoms with Gasteiger partial charge in [0, 0.05) is 13.2 Å². The number of carbonyl (C=O) groups is 1. The molecule has 3 nitrogen and oxygen atoms in total. The zero-order chi connectivity index (χ0) is 10.3. The van der Waals surface area contributed by atoms with Crippen LogP contribution in [0.1, 0.15) is 33.6 Å². The van der Waals surface area contributed by atoms with Crippen LogP contribution in [-0.2, 0) is 9.53 Å². The summed E-state index contributed by atoms with van der Waals surface area (Å²) in [5, 5.41) is 8.84. The first kappa shape index (κ1) is 12.4. The molecule has 1 atom stereocenters. The molecule has 0 saturated carbocycles. The molecule has 0 bridgehead atoms. The van der Waals surface area contributed by atoms with Gasteiger partial charge in [-0.1, -0.05) is 20.8 Å². The van der Waals surface area contributed by atoms with E-state index in [9.17, 15) is 4.79 Å². The minimum Gasteiger partial charge on any atom is -0.481 e. The van der Waals surface area contributed by atoms with E-state index in [1.807, 2.05) is 20.8 Å². The van der Waals surface area contributed by atoms with Crippen LogP contribution in [0.4, 0.5) is 0 Å². The Morgan fingerprint density at radius 3 is 2.38 bits per heavy atom. The molecule has 0 aliphatic heterocycles. The molecule has 0 aliphatic carbocycles. The Balaban J connectivity index is 3.64. The predicted molar refractivity (Wildman–Crippen MR) is 51.7 cm³/mol. The molecule has 0 aromatic rings. The maximum absolute atomic E-state index is 10.7. The van der Waals surface area contributed by atoms with Crippen molar-refractivity contribution in [3.05, 3.63) is 0 Å². The Labute approximate surface area is 80.1 Å². The molecule has 0 amide bonds. The smallest absolute Gasteiger partial charge is 0.306 e. The minimum absolute atomic E-state index is 0.183. The van der Waals surface area contributed by atoms with Crippen LogP contribution in [0.15, 0.2) is 0 Å². The van der Waals surface area contributed by atoms with Crippen LogP contribution in [0.2, 0.25) is 0 Å². The summed E-state index contributed by atoms with van der Waals surface area (Å²) in [6.45, 7) is 7.18. The molecule has 0 aromatic heterocycles. The number of carboxylic acids is 1. The van der Waals surface area contributed by atoms with Crippen molar-refractivity contribution in [2.75, 3.05) is 13.2 Å². The highest BCUT2D eigenvalue weighted by Crippen LogP contribution is 2.15. The van der Waals surface area contributed by atoms with Gasteiger partial charge < -0.3 is 9.84 Å². The SMILES string of the molecule is CCCOCCC(C(=O)O)C(C)C. The van der Waals surface area contributed by atoms with Gasteiger partial charge in [0.1, 0.15) is 0 Å². The summed E-state index contributed by atoms with van der Waals surface area (Å²) in [6, 6.07) is 0. The zero-order valence-corrected chi connectivity index (χ0v) is 8.75. The van der Waals surface area contributed by atoms with Crippen molar-refractivity contribution >= 4 is 5.97 Å². The Kier molecular flexibility index (Phi) is 6.59. The molecule has 78 valence electrons. The lowest BCUT2D eigenvalue weighted by Gasteiger charge is -2.15. The molecule has 0 fully saturated rings. The van der Waals surface area contributed by atoms with Gasteiger partial charge in [-0.2, -0.15) is 0 Å². The highest BCUT2D eigenvalue weighted by atomic mass is 16.5. The third kappa shape index (κ3) is 5.64. The van der Waals surface area contributed by atoms with Crippen LogP contribution in [0.5, 0.6) is 0 Å². The van der Waals surface area contributed by atoms with Gasteiger partial charge in [0.15, 0.2) is 0 Å². The van der Waals surface area contributed by atoms with E-state index in [2.05, 4.69) is 0 Å². The number of ether oxygens (including phenoxy) is 1. The van der Waals surface area contributed by atoms with Gasteiger partial charge in [0.05, 0.1) is 5.92 Å². The summed E-state index contributed by atoms with van der Waals surface area (Å²) < 4.78 is 5.25. The fourth-order valence-corrected chi connectivity index (χ4v) is 1.20. The second kappa shape index (κ2) is 6.89. The summed E-state index contributed by atoms with van der Waals surface area (Å²) in [5.41, 5.74) is 0. The van der Waals surface area contributed by atoms with Crippen molar-refractivity contribution < 1.29 is 14.6 Å². The number of hydrogen-bond acceptors (Lipinski definition) is 2. The first-order valence-corrected chi connectivity index (χ1v) is 4.90. The van der Waals surface area contributed by atoms with E-state index in [4.69, 9.17) is 9.84 Å². The van der Waals surface area contributed by atoms with Crippen LogP contribution in [0.25, 0.3) is 0 Å². The van der Waals surface area contributed by atoms with Crippen molar-refractivity contribution in [3.8, 4) is 0 Å². The lowest BCUT2D eigenvalue weighted by molar-refractivity contribution is -0.144. The number of carboxylic acid groups (broad SMARTS) is 1. The highest BCUT2D eigenvalue weighted by molar-refractivity contribution is 5.70. The Morgan fingerprint density at radius 1 is 1.38 bits per heavy atom. The average molecular weight is 188 g/mol. The largest absolute Gasteiger partial charge is 0.481 e. The highest BCUT2D eigenvalue weighted by Gasteiger charge is 2.20. The Morgan fingerprint density at radius 2 is 2.00 bits per heavy atom. The normalized spacial score (nSPS) is 13.2. The molecule has 0 spiro atoms. The Hall–Kier alpha value is -0.570. The van der Waals surface area contributed by atoms with Crippen LogP contribution in [0.3, 0.4) is 0 Å². The van der Waals surface area contributed by atoms with Crippen molar-refractivity contribution in [3.63, 3.8) is 0 Å². The van der Waals surface area contributed by atoms with Crippen molar-refractivity contribution in [2.45, 2.75) is 33.6 Å². The van der Waals surface area contributed by atoms with Crippen LogP contribution >= 0.6 is 0 Å². The summed E-state index contributed by atoms with van der Waals surface area (Å²) in [6.07, 6.45) is 1.60.